The molecular weight excluding hydrogens is 344 g/mol. The van der Waals surface area contributed by atoms with Gasteiger partial charge in [-0.3, -0.25) is 0 Å². The summed E-state index contributed by atoms with van der Waals surface area (Å²) < 4.78 is 21.2. The molecule has 0 aliphatic carbocycles. The van der Waals surface area contributed by atoms with Gasteiger partial charge >= 0.3 is 0 Å². The molecule has 0 amide bonds. The van der Waals surface area contributed by atoms with Gasteiger partial charge in [0.1, 0.15) is 0 Å². The van der Waals surface area contributed by atoms with E-state index in [2.05, 4.69) is 10.6 Å². The van der Waals surface area contributed by atoms with Crippen LogP contribution in [0.2, 0.25) is 0 Å². The van der Waals surface area contributed by atoms with Gasteiger partial charge in [0.15, 0.2) is 23.0 Å². The molecule has 2 aromatic rings. The summed E-state index contributed by atoms with van der Waals surface area (Å²) in [5.41, 5.74) is 2.34. The zero-order valence-electron chi connectivity index (χ0n) is 16.6. The van der Waals surface area contributed by atoms with E-state index in [0.29, 0.717) is 0 Å². The molecule has 0 radical (unpaired) electrons. The quantitative estimate of drug-likeness (QED) is 0.557. The van der Waals surface area contributed by atoms with Crippen LogP contribution in [0.1, 0.15) is 17.5 Å². The van der Waals surface area contributed by atoms with Crippen LogP contribution in [0.5, 0.6) is 23.0 Å². The van der Waals surface area contributed by atoms with E-state index in [1.807, 2.05) is 36.4 Å². The van der Waals surface area contributed by atoms with Gasteiger partial charge in [-0.15, -0.1) is 0 Å². The number of methoxy groups -OCH3 is 4. The molecule has 0 unspecified atom stereocenters. The van der Waals surface area contributed by atoms with Gasteiger partial charge in [-0.2, -0.15) is 0 Å². The van der Waals surface area contributed by atoms with Crippen LogP contribution in [-0.4, -0.2) is 41.5 Å². The molecular formula is C21H30N2O4. The monoisotopic (exact) mass is 374 g/mol. The van der Waals surface area contributed by atoms with Gasteiger partial charge in [-0.1, -0.05) is 12.1 Å². The summed E-state index contributed by atoms with van der Waals surface area (Å²) in [4.78, 5) is 0. The van der Waals surface area contributed by atoms with E-state index >= 15 is 0 Å². The molecule has 0 bridgehead atoms. The molecule has 6 heteroatoms. The summed E-state index contributed by atoms with van der Waals surface area (Å²) in [5, 5.41) is 6.90. The summed E-state index contributed by atoms with van der Waals surface area (Å²) in [6.45, 7) is 3.48. The lowest BCUT2D eigenvalue weighted by Crippen LogP contribution is -2.21. The van der Waals surface area contributed by atoms with Gasteiger partial charge in [0.25, 0.3) is 0 Å². The van der Waals surface area contributed by atoms with E-state index in [1.54, 1.807) is 28.4 Å². The first-order valence-electron chi connectivity index (χ1n) is 9.05. The SMILES string of the molecule is COc1ccc(CNCCCNCc2ccc(OC)c(OC)c2)cc1OC. The van der Waals surface area contributed by atoms with Crippen molar-refractivity contribution >= 4 is 0 Å². The predicted octanol–water partition coefficient (Wildman–Crippen LogP) is 2.99. The molecule has 0 heterocycles. The van der Waals surface area contributed by atoms with Crippen LogP contribution in [0.15, 0.2) is 36.4 Å². The highest BCUT2D eigenvalue weighted by Crippen LogP contribution is 2.28. The van der Waals surface area contributed by atoms with E-state index in [-0.39, 0.29) is 0 Å². The minimum absolute atomic E-state index is 0.751. The summed E-state index contributed by atoms with van der Waals surface area (Å²) in [6.07, 6.45) is 1.04. The molecule has 27 heavy (non-hydrogen) atoms. The lowest BCUT2D eigenvalue weighted by atomic mass is 10.2. The van der Waals surface area contributed by atoms with Gasteiger partial charge in [0, 0.05) is 13.1 Å². The average Bonchev–Trinajstić information content (AvgIpc) is 2.72. The van der Waals surface area contributed by atoms with Gasteiger partial charge in [0.05, 0.1) is 28.4 Å². The number of benzene rings is 2. The molecule has 0 aliphatic rings. The number of rotatable bonds is 12. The zero-order chi connectivity index (χ0) is 19.5. The molecule has 0 atom stereocenters. The maximum atomic E-state index is 5.33. The van der Waals surface area contributed by atoms with Crippen LogP contribution in [0, 0.1) is 0 Å². The highest BCUT2D eigenvalue weighted by Gasteiger charge is 2.05. The maximum Gasteiger partial charge on any atom is 0.161 e. The molecule has 2 N–H and O–H groups in total. The topological polar surface area (TPSA) is 61.0 Å². The molecule has 0 saturated heterocycles. The molecule has 0 spiro atoms. The van der Waals surface area contributed by atoms with Gasteiger partial charge in [-0.05, 0) is 54.9 Å². The molecule has 148 valence electrons. The van der Waals surface area contributed by atoms with Crippen molar-refractivity contribution in [3.63, 3.8) is 0 Å². The third kappa shape index (κ3) is 6.34. The van der Waals surface area contributed by atoms with Gasteiger partial charge < -0.3 is 29.6 Å². The van der Waals surface area contributed by atoms with E-state index in [9.17, 15) is 0 Å². The fourth-order valence-corrected chi connectivity index (χ4v) is 2.79. The summed E-state index contributed by atoms with van der Waals surface area (Å²) >= 11 is 0. The standard InChI is InChI=1S/C21H30N2O4/c1-24-18-8-6-16(12-20(18)26-3)14-22-10-5-11-23-15-17-7-9-19(25-2)21(13-17)27-4/h6-9,12-13,22-23H,5,10-11,14-15H2,1-4H3. The normalized spacial score (nSPS) is 10.5. The Morgan fingerprint density at radius 1 is 0.593 bits per heavy atom. The Kier molecular flexibility index (Phi) is 8.74. The largest absolute Gasteiger partial charge is 0.493 e. The first kappa shape index (κ1) is 20.9. The second-order valence-corrected chi connectivity index (χ2v) is 6.09. The average molecular weight is 374 g/mol. The first-order valence-corrected chi connectivity index (χ1v) is 9.05. The Labute approximate surface area is 161 Å². The van der Waals surface area contributed by atoms with Crippen molar-refractivity contribution in [2.45, 2.75) is 19.5 Å². The maximum absolute atomic E-state index is 5.33. The van der Waals surface area contributed by atoms with Crippen molar-refractivity contribution in [3.05, 3.63) is 47.5 Å². The van der Waals surface area contributed by atoms with Gasteiger partial charge in [0.2, 0.25) is 0 Å². The fourth-order valence-electron chi connectivity index (χ4n) is 2.79. The van der Waals surface area contributed by atoms with Crippen LogP contribution in [-0.2, 0) is 13.1 Å². The Morgan fingerprint density at radius 2 is 1.00 bits per heavy atom. The van der Waals surface area contributed by atoms with Crippen LogP contribution in [0.4, 0.5) is 0 Å². The molecule has 6 nitrogen and oxygen atoms in total. The summed E-state index contributed by atoms with van der Waals surface area (Å²) in [5.74, 6) is 3.02. The Morgan fingerprint density at radius 3 is 1.37 bits per heavy atom. The number of nitrogens with one attached hydrogen (secondary N) is 2. The molecule has 0 aromatic heterocycles. The van der Waals surface area contributed by atoms with E-state index in [1.165, 1.54) is 11.1 Å². The Balaban J connectivity index is 1.65. The van der Waals surface area contributed by atoms with Crippen LogP contribution < -0.4 is 29.6 Å². The number of hydrogen-bond donors (Lipinski definition) is 2. The van der Waals surface area contributed by atoms with Crippen LogP contribution >= 0.6 is 0 Å². The minimum Gasteiger partial charge on any atom is -0.493 e. The predicted molar refractivity (Wildman–Crippen MR) is 107 cm³/mol. The van der Waals surface area contributed by atoms with Crippen molar-refractivity contribution in [2.24, 2.45) is 0 Å². The molecule has 0 saturated carbocycles. The minimum atomic E-state index is 0.751. The van der Waals surface area contributed by atoms with E-state index < -0.39 is 0 Å². The van der Waals surface area contributed by atoms with Crippen molar-refractivity contribution in [3.8, 4) is 23.0 Å². The second kappa shape index (κ2) is 11.3. The van der Waals surface area contributed by atoms with Crippen LogP contribution in [0.3, 0.4) is 0 Å². The Bertz CT molecular complexity index is 647. The lowest BCUT2D eigenvalue weighted by Gasteiger charge is -2.11. The van der Waals surface area contributed by atoms with Crippen molar-refractivity contribution in [2.75, 3.05) is 41.5 Å². The zero-order valence-corrected chi connectivity index (χ0v) is 16.6. The third-order valence-electron chi connectivity index (χ3n) is 4.26. The van der Waals surface area contributed by atoms with Gasteiger partial charge in [-0.25, -0.2) is 0 Å². The van der Waals surface area contributed by atoms with Crippen LogP contribution in [0.25, 0.3) is 0 Å². The van der Waals surface area contributed by atoms with E-state index in [0.717, 1.165) is 55.6 Å². The number of hydrogen-bond acceptors (Lipinski definition) is 6. The summed E-state index contributed by atoms with van der Waals surface area (Å²) in [7, 11) is 6.59. The highest BCUT2D eigenvalue weighted by atomic mass is 16.5. The fraction of sp³-hybridized carbons (Fsp3) is 0.429. The molecule has 2 rings (SSSR count). The second-order valence-electron chi connectivity index (χ2n) is 6.09. The highest BCUT2D eigenvalue weighted by molar-refractivity contribution is 5.43. The molecule has 0 fully saturated rings. The van der Waals surface area contributed by atoms with E-state index in [4.69, 9.17) is 18.9 Å². The lowest BCUT2D eigenvalue weighted by molar-refractivity contribution is 0.354. The summed E-state index contributed by atoms with van der Waals surface area (Å²) in [6, 6.07) is 12.0. The Hall–Kier alpha value is -2.44. The molecule has 0 aliphatic heterocycles. The van der Waals surface area contributed by atoms with Crippen molar-refractivity contribution in [1.82, 2.24) is 10.6 Å². The van der Waals surface area contributed by atoms with Crippen molar-refractivity contribution < 1.29 is 18.9 Å². The number of ether oxygens (including phenoxy) is 4. The third-order valence-corrected chi connectivity index (χ3v) is 4.26. The van der Waals surface area contributed by atoms with Crippen molar-refractivity contribution in [1.29, 1.82) is 0 Å². The first-order chi connectivity index (χ1) is 13.2. The molecule has 2 aromatic carbocycles. The smallest absolute Gasteiger partial charge is 0.161 e.